The summed E-state index contributed by atoms with van der Waals surface area (Å²) in [5.74, 6) is -0.281. The van der Waals surface area contributed by atoms with Crippen molar-refractivity contribution in [3.63, 3.8) is 0 Å². The first kappa shape index (κ1) is 18.4. The zero-order valence-corrected chi connectivity index (χ0v) is 14.6. The maximum absolute atomic E-state index is 12.2. The lowest BCUT2D eigenvalue weighted by molar-refractivity contribution is -0.153. The van der Waals surface area contributed by atoms with Crippen LogP contribution in [0.4, 0.5) is 0 Å². The van der Waals surface area contributed by atoms with Crippen LogP contribution in [0.3, 0.4) is 0 Å². The van der Waals surface area contributed by atoms with Crippen LogP contribution in [0.25, 0.3) is 0 Å². The van der Waals surface area contributed by atoms with Crippen LogP contribution in [-0.4, -0.2) is 29.0 Å². The summed E-state index contributed by atoms with van der Waals surface area (Å²) in [6.07, 6.45) is 3.41. The first-order chi connectivity index (χ1) is 11.8. The molecule has 1 heterocycles. The second kappa shape index (κ2) is 8.28. The number of rotatable bonds is 6. The Morgan fingerprint density at radius 3 is 2.64 bits per heavy atom. The molecular formula is C19H22N2O4. The van der Waals surface area contributed by atoms with Gasteiger partial charge in [0.25, 0.3) is 5.91 Å². The fraction of sp³-hybridized carbons (Fsp3) is 0.316. The summed E-state index contributed by atoms with van der Waals surface area (Å²) < 4.78 is 10.8. The Hall–Kier alpha value is -2.89. The van der Waals surface area contributed by atoms with Gasteiger partial charge in [0.2, 0.25) is 0 Å². The van der Waals surface area contributed by atoms with Crippen LogP contribution in [0.1, 0.15) is 36.7 Å². The van der Waals surface area contributed by atoms with Crippen molar-refractivity contribution in [2.24, 2.45) is 0 Å². The molecule has 6 heteroatoms. The summed E-state index contributed by atoms with van der Waals surface area (Å²) in [7, 11) is 0. The van der Waals surface area contributed by atoms with Crippen LogP contribution >= 0.6 is 0 Å². The highest BCUT2D eigenvalue weighted by Crippen LogP contribution is 2.15. The number of aromatic nitrogens is 1. The molecule has 1 amide bonds. The van der Waals surface area contributed by atoms with Gasteiger partial charge in [-0.3, -0.25) is 14.6 Å². The van der Waals surface area contributed by atoms with Crippen molar-refractivity contribution in [3.05, 3.63) is 59.9 Å². The molecule has 2 rings (SSSR count). The number of ether oxygens (including phenoxy) is 2. The number of hydrogen-bond donors (Lipinski definition) is 1. The van der Waals surface area contributed by atoms with Gasteiger partial charge in [-0.2, -0.15) is 0 Å². The lowest BCUT2D eigenvalue weighted by Gasteiger charge is -2.19. The van der Waals surface area contributed by atoms with Gasteiger partial charge in [0, 0.05) is 23.5 Å². The van der Waals surface area contributed by atoms with Gasteiger partial charge in [0.15, 0.2) is 0 Å². The quantitative estimate of drug-likeness (QED) is 0.817. The van der Waals surface area contributed by atoms with Gasteiger partial charge >= 0.3 is 5.97 Å². The SMILES string of the molecule is CC(C)(C)OC(=O)CNC(=O)c1cccc(OCc2cccnc2)c1. The van der Waals surface area contributed by atoms with Crippen molar-refractivity contribution in [1.29, 1.82) is 0 Å². The minimum Gasteiger partial charge on any atom is -0.489 e. The average Bonchev–Trinajstić information content (AvgIpc) is 2.57. The van der Waals surface area contributed by atoms with E-state index < -0.39 is 11.6 Å². The lowest BCUT2D eigenvalue weighted by atomic mass is 10.2. The molecule has 1 aromatic heterocycles. The Bertz CT molecular complexity index is 724. The van der Waals surface area contributed by atoms with Crippen LogP contribution in [0.15, 0.2) is 48.8 Å². The number of nitrogens with zero attached hydrogens (tertiary/aromatic N) is 1. The van der Waals surface area contributed by atoms with Crippen molar-refractivity contribution in [2.75, 3.05) is 6.54 Å². The van der Waals surface area contributed by atoms with Crippen LogP contribution in [-0.2, 0) is 16.1 Å². The number of carbonyl (C=O) groups excluding carboxylic acids is 2. The molecule has 0 radical (unpaired) electrons. The molecule has 0 saturated carbocycles. The smallest absolute Gasteiger partial charge is 0.325 e. The van der Waals surface area contributed by atoms with Crippen LogP contribution in [0.2, 0.25) is 0 Å². The first-order valence-electron chi connectivity index (χ1n) is 7.95. The van der Waals surface area contributed by atoms with Gasteiger partial charge in [-0.05, 0) is 45.0 Å². The van der Waals surface area contributed by atoms with Crippen molar-refractivity contribution >= 4 is 11.9 Å². The average molecular weight is 342 g/mol. The molecular weight excluding hydrogens is 320 g/mol. The summed E-state index contributed by atoms with van der Waals surface area (Å²) in [5, 5.41) is 2.54. The van der Waals surface area contributed by atoms with E-state index in [1.807, 2.05) is 12.1 Å². The highest BCUT2D eigenvalue weighted by atomic mass is 16.6. The molecule has 0 aliphatic rings. The van der Waals surface area contributed by atoms with Gasteiger partial charge in [0.1, 0.15) is 24.5 Å². The predicted octanol–water partition coefficient (Wildman–Crippen LogP) is 2.73. The van der Waals surface area contributed by atoms with E-state index in [-0.39, 0.29) is 12.5 Å². The van der Waals surface area contributed by atoms with Crippen molar-refractivity contribution in [2.45, 2.75) is 33.0 Å². The Balaban J connectivity index is 1.89. The molecule has 0 bridgehead atoms. The monoisotopic (exact) mass is 342 g/mol. The second-order valence-corrected chi connectivity index (χ2v) is 6.45. The fourth-order valence-electron chi connectivity index (χ4n) is 2.01. The minimum absolute atomic E-state index is 0.184. The fourth-order valence-corrected chi connectivity index (χ4v) is 2.01. The Morgan fingerprint density at radius 1 is 1.16 bits per heavy atom. The molecule has 0 aliphatic heterocycles. The molecule has 6 nitrogen and oxygen atoms in total. The standard InChI is InChI=1S/C19H22N2O4/c1-19(2,3)25-17(22)12-21-18(23)15-7-4-8-16(10-15)24-13-14-6-5-9-20-11-14/h4-11H,12-13H2,1-3H3,(H,21,23). The second-order valence-electron chi connectivity index (χ2n) is 6.45. The summed E-state index contributed by atoms with van der Waals surface area (Å²) >= 11 is 0. The molecule has 132 valence electrons. The van der Waals surface area contributed by atoms with E-state index in [1.54, 1.807) is 57.4 Å². The molecule has 0 atom stereocenters. The highest BCUT2D eigenvalue weighted by molar-refractivity contribution is 5.96. The zero-order valence-electron chi connectivity index (χ0n) is 14.6. The maximum atomic E-state index is 12.2. The Labute approximate surface area is 147 Å². The van der Waals surface area contributed by atoms with E-state index in [0.717, 1.165) is 5.56 Å². The molecule has 0 spiro atoms. The van der Waals surface area contributed by atoms with Crippen LogP contribution < -0.4 is 10.1 Å². The molecule has 1 aromatic carbocycles. The summed E-state index contributed by atoms with van der Waals surface area (Å²) in [4.78, 5) is 27.8. The molecule has 0 unspecified atom stereocenters. The molecule has 25 heavy (non-hydrogen) atoms. The maximum Gasteiger partial charge on any atom is 0.325 e. The third-order valence-corrected chi connectivity index (χ3v) is 3.04. The van der Waals surface area contributed by atoms with Crippen LogP contribution in [0.5, 0.6) is 5.75 Å². The number of nitrogens with one attached hydrogen (secondary N) is 1. The summed E-state index contributed by atoms with van der Waals surface area (Å²) in [6.45, 7) is 5.50. The number of esters is 1. The zero-order chi connectivity index (χ0) is 18.3. The normalized spacial score (nSPS) is 10.8. The van der Waals surface area contributed by atoms with Gasteiger partial charge in [-0.25, -0.2) is 0 Å². The Kier molecular flexibility index (Phi) is 6.11. The first-order valence-corrected chi connectivity index (χ1v) is 7.95. The number of carbonyl (C=O) groups is 2. The minimum atomic E-state index is -0.581. The van der Waals surface area contributed by atoms with Gasteiger partial charge in [-0.1, -0.05) is 12.1 Å². The van der Waals surface area contributed by atoms with Gasteiger partial charge in [-0.15, -0.1) is 0 Å². The molecule has 1 N–H and O–H groups in total. The van der Waals surface area contributed by atoms with Crippen LogP contribution in [0, 0.1) is 0 Å². The van der Waals surface area contributed by atoms with E-state index in [0.29, 0.717) is 17.9 Å². The van der Waals surface area contributed by atoms with E-state index in [1.165, 1.54) is 0 Å². The van der Waals surface area contributed by atoms with E-state index in [9.17, 15) is 9.59 Å². The van der Waals surface area contributed by atoms with E-state index >= 15 is 0 Å². The number of benzene rings is 1. The van der Waals surface area contributed by atoms with Gasteiger partial charge in [0.05, 0.1) is 0 Å². The highest BCUT2D eigenvalue weighted by Gasteiger charge is 2.17. The van der Waals surface area contributed by atoms with Crippen molar-refractivity contribution < 1.29 is 19.1 Å². The lowest BCUT2D eigenvalue weighted by Crippen LogP contribution is -2.34. The van der Waals surface area contributed by atoms with Crippen molar-refractivity contribution in [1.82, 2.24) is 10.3 Å². The molecule has 0 saturated heterocycles. The van der Waals surface area contributed by atoms with Gasteiger partial charge < -0.3 is 14.8 Å². The third-order valence-electron chi connectivity index (χ3n) is 3.04. The van der Waals surface area contributed by atoms with E-state index in [4.69, 9.17) is 9.47 Å². The number of hydrogen-bond acceptors (Lipinski definition) is 5. The topological polar surface area (TPSA) is 77.5 Å². The summed E-state index contributed by atoms with van der Waals surface area (Å²) in [5.41, 5.74) is 0.761. The Morgan fingerprint density at radius 2 is 1.96 bits per heavy atom. The molecule has 0 fully saturated rings. The number of pyridine rings is 1. The third kappa shape index (κ3) is 6.63. The predicted molar refractivity (Wildman–Crippen MR) is 93.2 cm³/mol. The summed E-state index contributed by atoms with van der Waals surface area (Å²) in [6, 6.07) is 10.5. The largest absolute Gasteiger partial charge is 0.489 e. The number of amides is 1. The molecule has 0 aliphatic carbocycles. The molecule has 2 aromatic rings. The van der Waals surface area contributed by atoms with E-state index in [2.05, 4.69) is 10.3 Å². The van der Waals surface area contributed by atoms with Crippen molar-refractivity contribution in [3.8, 4) is 5.75 Å².